The minimum absolute atomic E-state index is 0.203. The van der Waals surface area contributed by atoms with Gasteiger partial charge in [0, 0.05) is 52.4 Å². The molecule has 0 amide bonds. The lowest BCUT2D eigenvalue weighted by Crippen LogP contribution is -2.39. The third-order valence-corrected chi connectivity index (χ3v) is 6.66. The molecule has 2 aromatic heterocycles. The molecule has 0 bridgehead atoms. The summed E-state index contributed by atoms with van der Waals surface area (Å²) in [6.07, 6.45) is 0. The van der Waals surface area contributed by atoms with Crippen LogP contribution in [0.5, 0.6) is 0 Å². The van der Waals surface area contributed by atoms with Crippen molar-refractivity contribution in [1.82, 2.24) is 28.9 Å². The Morgan fingerprint density at radius 3 is 1.41 bits per heavy atom. The second kappa shape index (κ2) is 8.86. The average molecular weight is 443 g/mol. The van der Waals surface area contributed by atoms with Crippen LogP contribution in [0.2, 0.25) is 0 Å². The van der Waals surface area contributed by atoms with Crippen molar-refractivity contribution in [2.24, 2.45) is 0 Å². The third-order valence-electron chi connectivity index (χ3n) is 6.66. The highest BCUT2D eigenvalue weighted by Crippen LogP contribution is 2.28. The molecule has 0 radical (unpaired) electrons. The number of nitrogens with zero attached hydrogens (tertiary/aromatic N) is 6. The summed E-state index contributed by atoms with van der Waals surface area (Å²) < 4.78 is 14.6. The Balaban J connectivity index is 1.39. The lowest BCUT2D eigenvalue weighted by Gasteiger charge is -2.27. The molecule has 2 aromatic rings. The van der Waals surface area contributed by atoms with Crippen molar-refractivity contribution in [3.63, 3.8) is 0 Å². The van der Waals surface area contributed by atoms with Crippen LogP contribution in [0.4, 0.5) is 0 Å². The second-order valence-corrected chi connectivity index (χ2v) is 8.58. The molecule has 4 heterocycles. The highest BCUT2D eigenvalue weighted by atomic mass is 16.5. The van der Waals surface area contributed by atoms with Crippen LogP contribution in [0.15, 0.2) is 0 Å². The molecule has 0 saturated carbocycles. The summed E-state index contributed by atoms with van der Waals surface area (Å²) in [5, 5.41) is 0. The Labute approximate surface area is 187 Å². The van der Waals surface area contributed by atoms with Crippen LogP contribution in [-0.4, -0.2) is 106 Å². The zero-order valence-electron chi connectivity index (χ0n) is 18.8. The van der Waals surface area contributed by atoms with Gasteiger partial charge in [-0.3, -0.25) is 19.4 Å². The van der Waals surface area contributed by atoms with E-state index >= 15 is 0 Å². The van der Waals surface area contributed by atoms with Gasteiger partial charge < -0.3 is 18.6 Å². The summed E-state index contributed by atoms with van der Waals surface area (Å²) >= 11 is 0. The van der Waals surface area contributed by atoms with Gasteiger partial charge in [0.1, 0.15) is 34.4 Å². The van der Waals surface area contributed by atoms with E-state index in [1.807, 2.05) is 23.0 Å². The predicted molar refractivity (Wildman–Crippen MR) is 115 cm³/mol. The van der Waals surface area contributed by atoms with Crippen LogP contribution in [0, 0.1) is 13.8 Å². The number of aryl methyl sites for hydroxylation is 2. The summed E-state index contributed by atoms with van der Waals surface area (Å²) in [6, 6.07) is 0. The van der Waals surface area contributed by atoms with Gasteiger partial charge in [-0.25, -0.2) is 9.97 Å². The highest BCUT2D eigenvalue weighted by molar-refractivity contribution is 6.25. The van der Waals surface area contributed by atoms with Crippen molar-refractivity contribution in [2.45, 2.75) is 26.9 Å². The van der Waals surface area contributed by atoms with Gasteiger partial charge >= 0.3 is 0 Å². The molecule has 0 atom stereocenters. The van der Waals surface area contributed by atoms with Gasteiger partial charge in [-0.1, -0.05) is 0 Å². The summed E-state index contributed by atoms with van der Waals surface area (Å²) in [4.78, 5) is 40.6. The van der Waals surface area contributed by atoms with E-state index in [2.05, 4.69) is 19.8 Å². The Morgan fingerprint density at radius 1 is 0.656 bits per heavy atom. The van der Waals surface area contributed by atoms with Crippen molar-refractivity contribution < 1.29 is 19.1 Å². The normalized spacial score (nSPS) is 19.9. The summed E-state index contributed by atoms with van der Waals surface area (Å²) in [5.41, 5.74) is 1.28. The van der Waals surface area contributed by atoms with Crippen molar-refractivity contribution in [2.75, 3.05) is 65.7 Å². The molecule has 2 saturated heterocycles. The van der Waals surface area contributed by atoms with Crippen LogP contribution in [0.3, 0.4) is 0 Å². The van der Waals surface area contributed by atoms with Crippen molar-refractivity contribution >= 4 is 11.6 Å². The number of carbonyl (C=O) groups is 2. The molecule has 1 aliphatic carbocycles. The molecule has 0 spiro atoms. The number of carbonyl (C=O) groups excluding carboxylic acids is 2. The average Bonchev–Trinajstić information content (AvgIpc) is 3.33. The number of hydrogen-bond donors (Lipinski definition) is 0. The van der Waals surface area contributed by atoms with Crippen LogP contribution >= 0.6 is 0 Å². The lowest BCUT2D eigenvalue weighted by molar-refractivity contribution is 0.0361. The largest absolute Gasteiger partial charge is 0.379 e. The molecular weight excluding hydrogens is 412 g/mol. The molecule has 0 N–H and O–H groups in total. The fourth-order valence-electron chi connectivity index (χ4n) is 4.81. The van der Waals surface area contributed by atoms with Gasteiger partial charge in [-0.2, -0.15) is 0 Å². The molecular formula is C22H30N6O4. The van der Waals surface area contributed by atoms with E-state index in [0.29, 0.717) is 36.1 Å². The number of fused-ring (bicyclic) bond motifs is 2. The van der Waals surface area contributed by atoms with Crippen LogP contribution in [0.25, 0.3) is 0 Å². The smallest absolute Gasteiger partial charge is 0.232 e. The molecule has 2 fully saturated rings. The van der Waals surface area contributed by atoms with Crippen LogP contribution in [0.1, 0.15) is 44.0 Å². The zero-order chi connectivity index (χ0) is 22.2. The SMILES string of the molecule is Cc1nc2c(n1CCN1CCOCC1)C(=O)c1nc(C)n(CCN3CCOCC3)c1C2=O. The summed E-state index contributed by atoms with van der Waals surface area (Å²) in [5.74, 6) is 0.967. The molecule has 10 heteroatoms. The van der Waals surface area contributed by atoms with Gasteiger partial charge in [0.25, 0.3) is 0 Å². The van der Waals surface area contributed by atoms with Crippen LogP contribution in [-0.2, 0) is 22.6 Å². The molecule has 0 aromatic carbocycles. The van der Waals surface area contributed by atoms with E-state index < -0.39 is 0 Å². The maximum absolute atomic E-state index is 13.5. The monoisotopic (exact) mass is 442 g/mol. The lowest BCUT2D eigenvalue weighted by atomic mass is 9.98. The first-order chi connectivity index (χ1) is 15.5. The molecule has 172 valence electrons. The molecule has 10 nitrogen and oxygen atoms in total. The number of ketones is 2. The van der Waals surface area contributed by atoms with E-state index in [4.69, 9.17) is 9.47 Å². The topological polar surface area (TPSA) is 94.7 Å². The predicted octanol–water partition coefficient (Wildman–Crippen LogP) is 0.136. The molecule has 5 rings (SSSR count). The second-order valence-electron chi connectivity index (χ2n) is 8.58. The number of hydrogen-bond acceptors (Lipinski definition) is 8. The van der Waals surface area contributed by atoms with Gasteiger partial charge in [0.05, 0.1) is 26.4 Å². The standard InChI is InChI=1S/C22H30N6O4/c1-15-23-17-19(27(15)5-3-25-7-11-31-12-8-25)22(30)18-20(21(17)29)28(16(2)24-18)6-4-26-9-13-32-14-10-26/h3-14H2,1-2H3. The van der Waals surface area contributed by atoms with Crippen molar-refractivity contribution in [3.8, 4) is 0 Å². The first-order valence-electron chi connectivity index (χ1n) is 11.4. The fourth-order valence-corrected chi connectivity index (χ4v) is 4.81. The molecule has 32 heavy (non-hydrogen) atoms. The Morgan fingerprint density at radius 2 is 1.03 bits per heavy atom. The quantitative estimate of drug-likeness (QED) is 0.532. The van der Waals surface area contributed by atoms with E-state index in [1.54, 1.807) is 0 Å². The third kappa shape index (κ3) is 3.81. The van der Waals surface area contributed by atoms with Gasteiger partial charge in [0.15, 0.2) is 0 Å². The fraction of sp³-hybridized carbons (Fsp3) is 0.636. The van der Waals surface area contributed by atoms with E-state index in [0.717, 1.165) is 65.7 Å². The molecule has 0 unspecified atom stereocenters. The zero-order valence-corrected chi connectivity index (χ0v) is 18.8. The molecule has 2 aliphatic heterocycles. The van der Waals surface area contributed by atoms with Gasteiger partial charge in [0.2, 0.25) is 11.6 Å². The van der Waals surface area contributed by atoms with Gasteiger partial charge in [-0.05, 0) is 13.8 Å². The number of imidazole rings is 2. The minimum Gasteiger partial charge on any atom is -0.379 e. The Kier molecular flexibility index (Phi) is 5.93. The first-order valence-corrected chi connectivity index (χ1v) is 11.4. The van der Waals surface area contributed by atoms with Gasteiger partial charge in [-0.15, -0.1) is 0 Å². The highest BCUT2D eigenvalue weighted by Gasteiger charge is 2.39. The Bertz CT molecular complexity index is 948. The van der Waals surface area contributed by atoms with Crippen LogP contribution < -0.4 is 0 Å². The summed E-state index contributed by atoms with van der Waals surface area (Å²) in [6.45, 7) is 12.9. The summed E-state index contributed by atoms with van der Waals surface area (Å²) in [7, 11) is 0. The van der Waals surface area contributed by atoms with E-state index in [1.165, 1.54) is 0 Å². The molecule has 3 aliphatic rings. The van der Waals surface area contributed by atoms with E-state index in [9.17, 15) is 9.59 Å². The minimum atomic E-state index is -0.203. The Hall–Kier alpha value is -2.40. The number of rotatable bonds is 6. The maximum atomic E-state index is 13.5. The first kappa shape index (κ1) is 21.4. The van der Waals surface area contributed by atoms with Crippen molar-refractivity contribution in [3.05, 3.63) is 34.4 Å². The van der Waals surface area contributed by atoms with Crippen molar-refractivity contribution in [1.29, 1.82) is 0 Å². The maximum Gasteiger partial charge on any atom is 0.232 e. The van der Waals surface area contributed by atoms with E-state index in [-0.39, 0.29) is 23.0 Å². The number of ether oxygens (including phenoxy) is 2. The number of aromatic nitrogens is 4. The number of morpholine rings is 2.